The zero-order valence-corrected chi connectivity index (χ0v) is 17.6. The molecule has 0 aliphatic rings. The third kappa shape index (κ3) is 2.99. The van der Waals surface area contributed by atoms with Crippen LogP contribution < -0.4 is 11.2 Å². The molecule has 144 valence electrons. The third-order valence-corrected chi connectivity index (χ3v) is 5.52. The molecule has 3 rings (SSSR count). The SMILES string of the molecule is CCCn1c(C)cc(C(=O)Cn2c(Br)nc3c(=O)n(C)c(=O)n(C)c32)c1C. The fourth-order valence-corrected chi connectivity index (χ4v) is 3.95. The minimum atomic E-state index is -0.485. The van der Waals surface area contributed by atoms with Crippen molar-refractivity contribution in [2.75, 3.05) is 0 Å². The summed E-state index contributed by atoms with van der Waals surface area (Å²) in [6, 6.07) is 1.89. The topological polar surface area (TPSA) is 83.8 Å². The number of nitrogens with zero attached hydrogens (tertiary/aromatic N) is 5. The quantitative estimate of drug-likeness (QED) is 0.452. The molecule has 0 saturated heterocycles. The maximum Gasteiger partial charge on any atom is 0.332 e. The summed E-state index contributed by atoms with van der Waals surface area (Å²) >= 11 is 3.32. The third-order valence-electron chi connectivity index (χ3n) is 4.92. The van der Waals surface area contributed by atoms with Gasteiger partial charge in [-0.05, 0) is 42.3 Å². The highest BCUT2D eigenvalue weighted by Gasteiger charge is 2.22. The summed E-state index contributed by atoms with van der Waals surface area (Å²) in [4.78, 5) is 41.9. The lowest BCUT2D eigenvalue weighted by Crippen LogP contribution is -2.37. The van der Waals surface area contributed by atoms with Gasteiger partial charge in [-0.25, -0.2) is 9.78 Å². The van der Waals surface area contributed by atoms with Gasteiger partial charge >= 0.3 is 5.69 Å². The minimum absolute atomic E-state index is 0.0199. The first-order chi connectivity index (χ1) is 12.7. The van der Waals surface area contributed by atoms with Crippen LogP contribution in [0.1, 0.15) is 35.1 Å². The Morgan fingerprint density at radius 2 is 1.81 bits per heavy atom. The van der Waals surface area contributed by atoms with Gasteiger partial charge in [-0.3, -0.25) is 23.3 Å². The van der Waals surface area contributed by atoms with E-state index in [-0.39, 0.29) is 17.8 Å². The molecule has 3 aromatic heterocycles. The lowest BCUT2D eigenvalue weighted by atomic mass is 10.1. The number of imidazole rings is 1. The predicted octanol–water partition coefficient (Wildman–Crippen LogP) is 1.91. The van der Waals surface area contributed by atoms with Gasteiger partial charge in [0.2, 0.25) is 0 Å². The summed E-state index contributed by atoms with van der Waals surface area (Å²) in [7, 11) is 2.97. The number of carbonyl (C=O) groups excluding carboxylic acids is 1. The summed E-state index contributed by atoms with van der Waals surface area (Å²) in [5, 5.41) is 0. The molecule has 3 aromatic rings. The summed E-state index contributed by atoms with van der Waals surface area (Å²) in [5.74, 6) is -0.0985. The molecule has 0 N–H and O–H groups in total. The molecule has 0 saturated carbocycles. The van der Waals surface area contributed by atoms with E-state index in [9.17, 15) is 14.4 Å². The molecule has 8 nitrogen and oxygen atoms in total. The Morgan fingerprint density at radius 1 is 1.15 bits per heavy atom. The van der Waals surface area contributed by atoms with Crippen molar-refractivity contribution < 1.29 is 4.79 Å². The Bertz CT molecular complexity index is 1180. The number of Topliss-reactive ketones (excluding diaryl/α,β-unsaturated/α-hetero) is 1. The van der Waals surface area contributed by atoms with Gasteiger partial charge in [-0.15, -0.1) is 0 Å². The van der Waals surface area contributed by atoms with Crippen LogP contribution in [0.15, 0.2) is 20.4 Å². The van der Waals surface area contributed by atoms with E-state index in [1.165, 1.54) is 11.6 Å². The lowest BCUT2D eigenvalue weighted by Gasteiger charge is -2.10. The van der Waals surface area contributed by atoms with Crippen LogP contribution in [0.4, 0.5) is 0 Å². The van der Waals surface area contributed by atoms with Gasteiger partial charge in [-0.1, -0.05) is 6.92 Å². The first-order valence-electron chi connectivity index (χ1n) is 8.70. The van der Waals surface area contributed by atoms with E-state index in [0.29, 0.717) is 15.9 Å². The second-order valence-electron chi connectivity index (χ2n) is 6.70. The molecule has 0 aromatic carbocycles. The highest BCUT2D eigenvalue weighted by atomic mass is 79.9. The summed E-state index contributed by atoms with van der Waals surface area (Å²) in [5.41, 5.74) is 2.12. The van der Waals surface area contributed by atoms with Gasteiger partial charge in [0.05, 0.1) is 6.54 Å². The first kappa shape index (κ1) is 19.3. The molecule has 0 atom stereocenters. The molecule has 0 aliphatic carbocycles. The molecule has 0 radical (unpaired) electrons. The van der Waals surface area contributed by atoms with Crippen molar-refractivity contribution in [3.05, 3.63) is 48.6 Å². The van der Waals surface area contributed by atoms with Crippen molar-refractivity contribution in [1.29, 1.82) is 0 Å². The Balaban J connectivity index is 2.12. The van der Waals surface area contributed by atoms with Gasteiger partial charge in [0.1, 0.15) is 0 Å². The van der Waals surface area contributed by atoms with E-state index in [0.717, 1.165) is 28.9 Å². The number of hydrogen-bond acceptors (Lipinski definition) is 4. The average molecular weight is 436 g/mol. The summed E-state index contributed by atoms with van der Waals surface area (Å²) in [6.45, 7) is 6.84. The van der Waals surface area contributed by atoms with Crippen molar-refractivity contribution in [1.82, 2.24) is 23.3 Å². The largest absolute Gasteiger partial charge is 0.348 e. The van der Waals surface area contributed by atoms with Crippen LogP contribution in [-0.2, 0) is 27.2 Å². The number of hydrogen-bond donors (Lipinski definition) is 0. The number of rotatable bonds is 5. The molecule has 3 heterocycles. The van der Waals surface area contributed by atoms with E-state index < -0.39 is 11.2 Å². The standard InChI is InChI=1S/C18H22BrN5O3/c1-6-7-23-10(2)8-12(11(23)3)13(25)9-24-15-14(20-17(24)19)16(26)22(5)18(27)21(15)4/h8H,6-7,9H2,1-5H3. The molecular weight excluding hydrogens is 414 g/mol. The van der Waals surface area contributed by atoms with Crippen molar-refractivity contribution >= 4 is 32.9 Å². The number of halogens is 1. The predicted molar refractivity (Wildman–Crippen MR) is 106 cm³/mol. The van der Waals surface area contributed by atoms with E-state index in [1.807, 2.05) is 19.9 Å². The van der Waals surface area contributed by atoms with E-state index in [4.69, 9.17) is 0 Å². The monoisotopic (exact) mass is 435 g/mol. The fourth-order valence-electron chi connectivity index (χ4n) is 3.48. The molecule has 0 unspecified atom stereocenters. The second-order valence-corrected chi connectivity index (χ2v) is 7.41. The molecule has 9 heteroatoms. The average Bonchev–Trinajstić information content (AvgIpc) is 3.10. The molecule has 0 fully saturated rings. The molecular formula is C18H22BrN5O3. The van der Waals surface area contributed by atoms with E-state index >= 15 is 0 Å². The molecule has 0 spiro atoms. The van der Waals surface area contributed by atoms with Gasteiger partial charge in [0.25, 0.3) is 5.56 Å². The lowest BCUT2D eigenvalue weighted by molar-refractivity contribution is 0.0971. The van der Waals surface area contributed by atoms with Crippen molar-refractivity contribution in [3.8, 4) is 0 Å². The normalized spacial score (nSPS) is 11.5. The molecule has 27 heavy (non-hydrogen) atoms. The number of aryl methyl sites for hydroxylation is 2. The van der Waals surface area contributed by atoms with Gasteiger partial charge in [0.15, 0.2) is 21.7 Å². The minimum Gasteiger partial charge on any atom is -0.348 e. The van der Waals surface area contributed by atoms with Crippen molar-refractivity contribution in [2.45, 2.75) is 40.3 Å². The van der Waals surface area contributed by atoms with Gasteiger partial charge in [0, 0.05) is 37.6 Å². The highest BCUT2D eigenvalue weighted by Crippen LogP contribution is 2.20. The molecule has 0 bridgehead atoms. The van der Waals surface area contributed by atoms with Crippen molar-refractivity contribution in [2.24, 2.45) is 14.1 Å². The summed E-state index contributed by atoms with van der Waals surface area (Å²) < 4.78 is 6.37. The Hall–Kier alpha value is -2.42. The molecule has 0 amide bonds. The van der Waals surface area contributed by atoms with E-state index in [2.05, 4.69) is 32.4 Å². The zero-order chi connectivity index (χ0) is 20.0. The second kappa shape index (κ2) is 6.95. The fraction of sp³-hybridized carbons (Fsp3) is 0.444. The van der Waals surface area contributed by atoms with Crippen LogP contribution in [-0.4, -0.2) is 29.0 Å². The Morgan fingerprint density at radius 3 is 2.44 bits per heavy atom. The number of ketones is 1. The first-order valence-corrected chi connectivity index (χ1v) is 9.50. The van der Waals surface area contributed by atoms with Crippen molar-refractivity contribution in [3.63, 3.8) is 0 Å². The Labute approximate surface area is 164 Å². The Kier molecular flexibility index (Phi) is 4.98. The highest BCUT2D eigenvalue weighted by molar-refractivity contribution is 9.10. The number of aromatic nitrogens is 5. The van der Waals surface area contributed by atoms with Crippen LogP contribution >= 0.6 is 15.9 Å². The smallest absolute Gasteiger partial charge is 0.332 e. The van der Waals surface area contributed by atoms with Gasteiger partial charge < -0.3 is 4.57 Å². The maximum atomic E-state index is 13.0. The van der Waals surface area contributed by atoms with Gasteiger partial charge in [-0.2, -0.15) is 0 Å². The van der Waals surface area contributed by atoms with Crippen LogP contribution in [0.5, 0.6) is 0 Å². The zero-order valence-electron chi connectivity index (χ0n) is 16.0. The number of fused-ring (bicyclic) bond motifs is 1. The molecule has 0 aliphatic heterocycles. The van der Waals surface area contributed by atoms with Crippen LogP contribution in [0.2, 0.25) is 0 Å². The van der Waals surface area contributed by atoms with Crippen LogP contribution in [0, 0.1) is 13.8 Å². The maximum absolute atomic E-state index is 13.0. The summed E-state index contributed by atoms with van der Waals surface area (Å²) in [6.07, 6.45) is 0.979. The van der Waals surface area contributed by atoms with E-state index in [1.54, 1.807) is 11.6 Å². The van der Waals surface area contributed by atoms with Crippen LogP contribution in [0.3, 0.4) is 0 Å². The van der Waals surface area contributed by atoms with Crippen LogP contribution in [0.25, 0.3) is 11.2 Å². The number of carbonyl (C=O) groups is 1.